The summed E-state index contributed by atoms with van der Waals surface area (Å²) in [5.41, 5.74) is 1.36. The van der Waals surface area contributed by atoms with Crippen LogP contribution in [-0.2, 0) is 11.2 Å². The Labute approximate surface area is 182 Å². The number of halogens is 2. The SMILES string of the molecule is CC(C)Cc1nnc(NC(=O)C(C#N)=Cc2cccn2-c2ccc(Cl)c(Cl)c2)s1. The first kappa shape index (κ1) is 21.1. The third-order valence-electron chi connectivity index (χ3n) is 3.89. The molecule has 0 saturated carbocycles. The monoisotopic (exact) mass is 445 g/mol. The molecule has 29 heavy (non-hydrogen) atoms. The molecule has 2 aromatic heterocycles. The number of nitriles is 1. The smallest absolute Gasteiger partial charge is 0.268 e. The van der Waals surface area contributed by atoms with E-state index in [0.717, 1.165) is 17.1 Å². The van der Waals surface area contributed by atoms with Crippen LogP contribution < -0.4 is 5.32 Å². The van der Waals surface area contributed by atoms with Crippen molar-refractivity contribution in [2.24, 2.45) is 5.92 Å². The molecule has 0 saturated heterocycles. The highest BCUT2D eigenvalue weighted by Gasteiger charge is 2.14. The van der Waals surface area contributed by atoms with Crippen LogP contribution in [-0.4, -0.2) is 20.7 Å². The summed E-state index contributed by atoms with van der Waals surface area (Å²) in [6.45, 7) is 4.16. The Bertz CT molecular complexity index is 1110. The van der Waals surface area contributed by atoms with Crippen molar-refractivity contribution in [2.75, 3.05) is 5.32 Å². The second-order valence-corrected chi connectivity index (χ2v) is 8.50. The van der Waals surface area contributed by atoms with Crippen molar-refractivity contribution in [1.29, 1.82) is 5.26 Å². The Morgan fingerprint density at radius 2 is 2.10 bits per heavy atom. The molecule has 0 bridgehead atoms. The molecule has 0 aliphatic heterocycles. The number of hydrogen-bond donors (Lipinski definition) is 1. The molecule has 2 heterocycles. The lowest BCUT2D eigenvalue weighted by Gasteiger charge is -2.08. The summed E-state index contributed by atoms with van der Waals surface area (Å²) in [5.74, 6) is -0.100. The van der Waals surface area contributed by atoms with Crippen molar-refractivity contribution in [3.05, 3.63) is 62.8 Å². The number of carbonyl (C=O) groups is 1. The third-order valence-corrected chi connectivity index (χ3v) is 5.49. The van der Waals surface area contributed by atoms with Gasteiger partial charge in [-0.25, -0.2) is 0 Å². The van der Waals surface area contributed by atoms with E-state index in [2.05, 4.69) is 29.4 Å². The van der Waals surface area contributed by atoms with Crippen LogP contribution in [0.15, 0.2) is 42.1 Å². The molecule has 0 aliphatic rings. The number of rotatable bonds is 6. The molecule has 0 spiro atoms. The van der Waals surface area contributed by atoms with Gasteiger partial charge in [0.2, 0.25) is 5.13 Å². The number of nitrogens with zero attached hydrogens (tertiary/aromatic N) is 4. The second-order valence-electron chi connectivity index (χ2n) is 6.62. The van der Waals surface area contributed by atoms with Crippen LogP contribution in [0.25, 0.3) is 11.8 Å². The quantitative estimate of drug-likeness (QED) is 0.407. The van der Waals surface area contributed by atoms with Crippen molar-refractivity contribution < 1.29 is 4.79 Å². The van der Waals surface area contributed by atoms with E-state index in [4.69, 9.17) is 23.2 Å². The molecule has 1 amide bonds. The molecular formula is C20H17Cl2N5OS. The highest BCUT2D eigenvalue weighted by Crippen LogP contribution is 2.26. The summed E-state index contributed by atoms with van der Waals surface area (Å²) in [7, 11) is 0. The van der Waals surface area contributed by atoms with Gasteiger partial charge in [-0.2, -0.15) is 5.26 Å². The highest BCUT2D eigenvalue weighted by molar-refractivity contribution is 7.15. The van der Waals surface area contributed by atoms with Gasteiger partial charge in [-0.3, -0.25) is 10.1 Å². The van der Waals surface area contributed by atoms with Gasteiger partial charge in [0.15, 0.2) is 0 Å². The fourth-order valence-electron chi connectivity index (χ4n) is 2.58. The maximum absolute atomic E-state index is 12.5. The average molecular weight is 446 g/mol. The lowest BCUT2D eigenvalue weighted by Crippen LogP contribution is -2.13. The number of hydrogen-bond acceptors (Lipinski definition) is 5. The third kappa shape index (κ3) is 5.24. The molecule has 3 aromatic rings. The summed E-state index contributed by atoms with van der Waals surface area (Å²) in [5, 5.41) is 22.2. The van der Waals surface area contributed by atoms with Crippen LogP contribution in [0.4, 0.5) is 5.13 Å². The predicted molar refractivity (Wildman–Crippen MR) is 116 cm³/mol. The fourth-order valence-corrected chi connectivity index (χ4v) is 3.82. The van der Waals surface area contributed by atoms with Gasteiger partial charge in [0.05, 0.1) is 10.0 Å². The highest BCUT2D eigenvalue weighted by atomic mass is 35.5. The minimum absolute atomic E-state index is 0.0504. The van der Waals surface area contributed by atoms with E-state index >= 15 is 0 Å². The van der Waals surface area contributed by atoms with E-state index < -0.39 is 5.91 Å². The van der Waals surface area contributed by atoms with Crippen LogP contribution in [0.2, 0.25) is 10.0 Å². The van der Waals surface area contributed by atoms with E-state index in [9.17, 15) is 10.1 Å². The topological polar surface area (TPSA) is 83.6 Å². The molecule has 0 unspecified atom stereocenters. The minimum Gasteiger partial charge on any atom is -0.317 e. The fraction of sp³-hybridized carbons (Fsp3) is 0.200. The predicted octanol–water partition coefficient (Wildman–Crippen LogP) is 5.38. The summed E-state index contributed by atoms with van der Waals surface area (Å²) < 4.78 is 1.80. The van der Waals surface area contributed by atoms with Gasteiger partial charge in [-0.1, -0.05) is 48.4 Å². The Kier molecular flexibility index (Phi) is 6.70. The van der Waals surface area contributed by atoms with E-state index in [0.29, 0.717) is 26.8 Å². The van der Waals surface area contributed by atoms with E-state index in [1.54, 1.807) is 35.0 Å². The molecule has 3 rings (SSSR count). The van der Waals surface area contributed by atoms with Gasteiger partial charge in [0.25, 0.3) is 5.91 Å². The number of amides is 1. The van der Waals surface area contributed by atoms with Crippen molar-refractivity contribution in [3.63, 3.8) is 0 Å². The number of benzene rings is 1. The van der Waals surface area contributed by atoms with Gasteiger partial charge in [0, 0.05) is 24.0 Å². The largest absolute Gasteiger partial charge is 0.317 e. The van der Waals surface area contributed by atoms with Gasteiger partial charge >= 0.3 is 0 Å². The lowest BCUT2D eigenvalue weighted by molar-refractivity contribution is -0.112. The Balaban J connectivity index is 1.82. The standard InChI is InChI=1S/C20H17Cl2N5OS/c1-12(2)8-18-25-26-20(29-18)24-19(28)13(11-23)9-14-4-3-7-27(14)15-5-6-16(21)17(22)10-15/h3-7,9-10,12H,8H2,1-2H3,(H,24,26,28). The van der Waals surface area contributed by atoms with E-state index in [-0.39, 0.29) is 5.57 Å². The van der Waals surface area contributed by atoms with Crippen molar-refractivity contribution >= 4 is 51.7 Å². The molecule has 0 fully saturated rings. The zero-order valence-corrected chi connectivity index (χ0v) is 18.0. The average Bonchev–Trinajstić information content (AvgIpc) is 3.30. The Morgan fingerprint density at radius 3 is 2.79 bits per heavy atom. The zero-order valence-electron chi connectivity index (χ0n) is 15.7. The van der Waals surface area contributed by atoms with Crippen LogP contribution in [0.3, 0.4) is 0 Å². The molecule has 148 valence electrons. The van der Waals surface area contributed by atoms with Gasteiger partial charge in [0.1, 0.15) is 16.6 Å². The van der Waals surface area contributed by atoms with Crippen LogP contribution in [0.1, 0.15) is 24.5 Å². The van der Waals surface area contributed by atoms with E-state index in [1.807, 2.05) is 12.1 Å². The molecule has 6 nitrogen and oxygen atoms in total. The Hall–Kier alpha value is -2.66. The van der Waals surface area contributed by atoms with E-state index in [1.165, 1.54) is 17.4 Å². The summed E-state index contributed by atoms with van der Waals surface area (Å²) >= 11 is 13.4. The molecular weight excluding hydrogens is 429 g/mol. The van der Waals surface area contributed by atoms with Crippen molar-refractivity contribution in [3.8, 4) is 11.8 Å². The van der Waals surface area contributed by atoms with Gasteiger partial charge in [-0.05, 0) is 42.3 Å². The molecule has 1 aromatic carbocycles. The number of anilines is 1. The maximum Gasteiger partial charge on any atom is 0.268 e. The summed E-state index contributed by atoms with van der Waals surface area (Å²) in [6, 6.07) is 10.7. The Morgan fingerprint density at radius 1 is 1.31 bits per heavy atom. The molecule has 0 atom stereocenters. The number of aromatic nitrogens is 3. The maximum atomic E-state index is 12.5. The van der Waals surface area contributed by atoms with Crippen LogP contribution in [0.5, 0.6) is 0 Å². The van der Waals surface area contributed by atoms with Gasteiger partial charge in [-0.15, -0.1) is 10.2 Å². The second kappa shape index (κ2) is 9.23. The zero-order chi connectivity index (χ0) is 21.0. The number of nitrogens with one attached hydrogen (secondary N) is 1. The van der Waals surface area contributed by atoms with Crippen LogP contribution >= 0.6 is 34.5 Å². The molecule has 1 N–H and O–H groups in total. The summed E-state index contributed by atoms with van der Waals surface area (Å²) in [6.07, 6.45) is 4.10. The molecule has 0 radical (unpaired) electrons. The molecule has 9 heteroatoms. The van der Waals surface area contributed by atoms with Crippen LogP contribution in [0, 0.1) is 17.2 Å². The van der Waals surface area contributed by atoms with Crippen molar-refractivity contribution in [1.82, 2.24) is 14.8 Å². The summed E-state index contributed by atoms with van der Waals surface area (Å²) in [4.78, 5) is 12.5. The minimum atomic E-state index is -0.540. The van der Waals surface area contributed by atoms with Gasteiger partial charge < -0.3 is 4.57 Å². The normalized spacial score (nSPS) is 11.5. The first-order valence-corrected chi connectivity index (χ1v) is 10.3. The van der Waals surface area contributed by atoms with Crippen molar-refractivity contribution in [2.45, 2.75) is 20.3 Å². The molecule has 0 aliphatic carbocycles. The first-order valence-electron chi connectivity index (χ1n) is 8.75. The first-order chi connectivity index (χ1) is 13.9. The lowest BCUT2D eigenvalue weighted by atomic mass is 10.1. The number of carbonyl (C=O) groups excluding carboxylic acids is 1.